The van der Waals surface area contributed by atoms with E-state index in [4.69, 9.17) is 0 Å². The van der Waals surface area contributed by atoms with E-state index in [2.05, 4.69) is 27.9 Å². The van der Waals surface area contributed by atoms with Crippen LogP contribution in [-0.4, -0.2) is 90.2 Å². The summed E-state index contributed by atoms with van der Waals surface area (Å²) in [6, 6.07) is 0. The molecular formula is C20H41F6N3O4S2+2. The first-order chi connectivity index (χ1) is 15.7. The SMILES string of the molecule is CCCC[N+]1(C)CCCC1.CCCC[N+]1(C)CCCC1.O=S(=O)(NS(=O)(=O)C(F)(F)F)C(F)(F)F. The van der Waals surface area contributed by atoms with Crippen LogP contribution >= 0.6 is 0 Å². The van der Waals surface area contributed by atoms with E-state index in [-0.39, 0.29) is 0 Å². The van der Waals surface area contributed by atoms with E-state index in [0.29, 0.717) is 0 Å². The summed E-state index contributed by atoms with van der Waals surface area (Å²) in [6.07, 6.45) is 11.4. The van der Waals surface area contributed by atoms with Gasteiger partial charge in [-0.15, -0.1) is 0 Å². The van der Waals surface area contributed by atoms with Gasteiger partial charge in [-0.2, -0.15) is 26.3 Å². The van der Waals surface area contributed by atoms with Gasteiger partial charge in [0.1, 0.15) is 0 Å². The number of alkyl halides is 6. The molecule has 7 nitrogen and oxygen atoms in total. The molecule has 212 valence electrons. The Balaban J connectivity index is 0.000000510. The summed E-state index contributed by atoms with van der Waals surface area (Å²) in [5.74, 6) is 0. The molecule has 2 fully saturated rings. The monoisotopic (exact) mass is 565 g/mol. The highest BCUT2D eigenvalue weighted by molar-refractivity contribution is 8.05. The van der Waals surface area contributed by atoms with Crippen molar-refractivity contribution < 1.29 is 52.1 Å². The summed E-state index contributed by atoms with van der Waals surface area (Å²) in [5.41, 5.74) is -12.3. The molecule has 2 saturated heterocycles. The summed E-state index contributed by atoms with van der Waals surface area (Å²) >= 11 is 0. The molecule has 0 unspecified atom stereocenters. The van der Waals surface area contributed by atoms with Gasteiger partial charge in [-0.25, -0.2) is 16.8 Å². The van der Waals surface area contributed by atoms with Crippen molar-refractivity contribution in [3.05, 3.63) is 0 Å². The highest BCUT2D eigenvalue weighted by Crippen LogP contribution is 2.27. The van der Waals surface area contributed by atoms with Gasteiger partial charge in [0, 0.05) is 25.7 Å². The number of nitrogens with zero attached hydrogens (tertiary/aromatic N) is 2. The molecule has 15 heteroatoms. The van der Waals surface area contributed by atoms with E-state index in [1.807, 2.05) is 0 Å². The van der Waals surface area contributed by atoms with Gasteiger partial charge < -0.3 is 8.97 Å². The average molecular weight is 566 g/mol. The topological polar surface area (TPSA) is 80.3 Å². The normalized spacial score (nSPS) is 19.9. The molecular weight excluding hydrogens is 524 g/mol. The van der Waals surface area contributed by atoms with Crippen molar-refractivity contribution in [1.82, 2.24) is 4.13 Å². The zero-order valence-corrected chi connectivity index (χ0v) is 22.6. The highest BCUT2D eigenvalue weighted by atomic mass is 32.3. The molecule has 2 heterocycles. The molecule has 2 rings (SSSR count). The lowest BCUT2D eigenvalue weighted by Crippen LogP contribution is -2.45. The first kappa shape index (κ1) is 34.4. The summed E-state index contributed by atoms with van der Waals surface area (Å²) < 4.78 is 111. The molecule has 1 N–H and O–H groups in total. The molecule has 0 saturated carbocycles. The fourth-order valence-corrected chi connectivity index (χ4v) is 5.87. The van der Waals surface area contributed by atoms with Crippen molar-refractivity contribution in [3.8, 4) is 0 Å². The number of unbranched alkanes of at least 4 members (excludes halogenated alkanes) is 2. The first-order valence-corrected chi connectivity index (χ1v) is 14.8. The number of rotatable bonds is 8. The lowest BCUT2D eigenvalue weighted by atomic mass is 10.3. The lowest BCUT2D eigenvalue weighted by molar-refractivity contribution is -0.897. The Labute approximate surface area is 206 Å². The summed E-state index contributed by atoms with van der Waals surface area (Å²) in [5, 5.41) is 0. The molecule has 0 aromatic carbocycles. The largest absolute Gasteiger partial charge is 0.512 e. The average Bonchev–Trinajstić information content (AvgIpc) is 3.33. The first-order valence-electron chi connectivity index (χ1n) is 11.8. The van der Waals surface area contributed by atoms with Gasteiger partial charge in [0.05, 0.1) is 53.4 Å². The third-order valence-electron chi connectivity index (χ3n) is 6.22. The third-order valence-corrected chi connectivity index (χ3v) is 9.20. The zero-order valence-electron chi connectivity index (χ0n) is 21.0. The van der Waals surface area contributed by atoms with Crippen LogP contribution in [0.25, 0.3) is 0 Å². The number of nitrogens with one attached hydrogen (secondary N) is 1. The maximum absolute atomic E-state index is 11.5. The predicted molar refractivity (Wildman–Crippen MR) is 123 cm³/mol. The lowest BCUT2D eigenvalue weighted by Gasteiger charge is -2.28. The summed E-state index contributed by atoms with van der Waals surface area (Å²) in [6.45, 7) is 13.1. The van der Waals surface area contributed by atoms with Crippen LogP contribution in [0.3, 0.4) is 0 Å². The van der Waals surface area contributed by atoms with E-state index in [0.717, 1.165) is 0 Å². The molecule has 0 aromatic heterocycles. The van der Waals surface area contributed by atoms with Crippen molar-refractivity contribution in [2.45, 2.75) is 76.2 Å². The molecule has 0 amide bonds. The van der Waals surface area contributed by atoms with Gasteiger partial charge >= 0.3 is 31.1 Å². The predicted octanol–water partition coefficient (Wildman–Crippen LogP) is 4.33. The van der Waals surface area contributed by atoms with Gasteiger partial charge in [0.15, 0.2) is 0 Å². The van der Waals surface area contributed by atoms with Gasteiger partial charge in [-0.3, -0.25) is 0 Å². The standard InChI is InChI=1S/2C9H20N.C2HF6NO4S2/c2*1-3-4-7-10(2)8-5-6-9-10;3-1(4,5)14(10,11)9-15(12,13)2(6,7)8/h2*3-9H2,1-2H3;9H/q2*+1;. The van der Waals surface area contributed by atoms with Crippen LogP contribution in [0.2, 0.25) is 0 Å². The maximum atomic E-state index is 11.5. The van der Waals surface area contributed by atoms with Crippen molar-refractivity contribution in [2.75, 3.05) is 53.4 Å². The van der Waals surface area contributed by atoms with Crippen LogP contribution in [0.4, 0.5) is 26.3 Å². The molecule has 0 bridgehead atoms. The smallest absolute Gasteiger partial charge is 0.326 e. The second kappa shape index (κ2) is 13.8. The Kier molecular flexibility index (Phi) is 13.5. The van der Waals surface area contributed by atoms with Gasteiger partial charge in [0.2, 0.25) is 0 Å². The Morgan fingerprint density at radius 1 is 0.629 bits per heavy atom. The fourth-order valence-electron chi connectivity index (χ4n) is 3.96. The van der Waals surface area contributed by atoms with Crippen LogP contribution in [0.15, 0.2) is 0 Å². The third kappa shape index (κ3) is 12.4. The molecule has 0 aliphatic carbocycles. The Bertz CT molecular complexity index is 751. The number of quaternary nitrogens is 2. The van der Waals surface area contributed by atoms with E-state index < -0.39 is 35.2 Å². The molecule has 0 radical (unpaired) electrons. The minimum absolute atomic E-state index is 0.493. The van der Waals surface area contributed by atoms with Crippen molar-refractivity contribution in [1.29, 1.82) is 0 Å². The Hall–Kier alpha value is -0.640. The van der Waals surface area contributed by atoms with Crippen LogP contribution < -0.4 is 4.13 Å². The van der Waals surface area contributed by atoms with Crippen molar-refractivity contribution >= 4 is 20.0 Å². The molecule has 0 spiro atoms. The van der Waals surface area contributed by atoms with Gasteiger partial charge in [-0.05, 0) is 12.8 Å². The van der Waals surface area contributed by atoms with Crippen molar-refractivity contribution in [2.24, 2.45) is 0 Å². The van der Waals surface area contributed by atoms with Crippen molar-refractivity contribution in [3.63, 3.8) is 0 Å². The number of likely N-dealkylation sites (tertiary alicyclic amines) is 2. The van der Waals surface area contributed by atoms with E-state index >= 15 is 0 Å². The number of hydrogen-bond donors (Lipinski definition) is 1. The molecule has 2 aliphatic heterocycles. The van der Waals surface area contributed by atoms with E-state index in [9.17, 15) is 43.2 Å². The summed E-state index contributed by atoms with van der Waals surface area (Å²) in [7, 11) is -8.38. The zero-order chi connectivity index (χ0) is 27.6. The van der Waals surface area contributed by atoms with Crippen LogP contribution in [0.1, 0.15) is 65.2 Å². The van der Waals surface area contributed by atoms with Gasteiger partial charge in [0.25, 0.3) is 0 Å². The highest BCUT2D eigenvalue weighted by Gasteiger charge is 2.55. The van der Waals surface area contributed by atoms with E-state index in [1.165, 1.54) is 99.6 Å². The van der Waals surface area contributed by atoms with Gasteiger partial charge in [-0.1, -0.05) is 30.8 Å². The van der Waals surface area contributed by atoms with E-state index in [1.54, 1.807) is 0 Å². The van der Waals surface area contributed by atoms with Crippen LogP contribution in [0, 0.1) is 0 Å². The molecule has 35 heavy (non-hydrogen) atoms. The second-order valence-corrected chi connectivity index (χ2v) is 13.3. The quantitative estimate of drug-likeness (QED) is 0.351. The molecule has 0 aromatic rings. The second-order valence-electron chi connectivity index (χ2n) is 9.68. The van der Waals surface area contributed by atoms with Crippen LogP contribution in [0.5, 0.6) is 0 Å². The fraction of sp³-hybridized carbons (Fsp3) is 1.00. The maximum Gasteiger partial charge on any atom is 0.512 e. The molecule has 0 atom stereocenters. The summed E-state index contributed by atoms with van der Waals surface area (Å²) in [4.78, 5) is 0. The number of hydrogen-bond acceptors (Lipinski definition) is 4. The Morgan fingerprint density at radius 2 is 0.886 bits per heavy atom. The number of halogens is 6. The minimum Gasteiger partial charge on any atom is -0.326 e. The van der Waals surface area contributed by atoms with Crippen LogP contribution in [-0.2, 0) is 20.0 Å². The number of sulfonamides is 2. The molecule has 2 aliphatic rings. The minimum atomic E-state index is -6.60. The Morgan fingerprint density at radius 3 is 1.09 bits per heavy atom.